The highest BCUT2D eigenvalue weighted by atomic mass is 32.1. The number of carbonyl (C=O) groups excluding carboxylic acids is 1. The van der Waals surface area contributed by atoms with Gasteiger partial charge in [0.1, 0.15) is 12.4 Å². The summed E-state index contributed by atoms with van der Waals surface area (Å²) in [5.74, 6) is 0.356. The zero-order valence-electron chi connectivity index (χ0n) is 16.2. The molecular formula is C23H19N3O3S. The van der Waals surface area contributed by atoms with E-state index in [1.54, 1.807) is 29.7 Å². The first kappa shape index (κ1) is 19.6. The first-order valence-corrected chi connectivity index (χ1v) is 10.1. The van der Waals surface area contributed by atoms with Gasteiger partial charge in [0.2, 0.25) is 5.13 Å². The van der Waals surface area contributed by atoms with E-state index in [0.29, 0.717) is 17.9 Å². The second-order valence-corrected chi connectivity index (χ2v) is 7.40. The van der Waals surface area contributed by atoms with Crippen molar-refractivity contribution in [2.75, 3.05) is 12.5 Å². The lowest BCUT2D eigenvalue weighted by Gasteiger charge is -2.09. The molecule has 0 bridgehead atoms. The highest BCUT2D eigenvalue weighted by Gasteiger charge is 2.06. The maximum absolute atomic E-state index is 11.5. The van der Waals surface area contributed by atoms with Gasteiger partial charge < -0.3 is 9.47 Å². The number of ether oxygens (including phenoxy) is 2. The summed E-state index contributed by atoms with van der Waals surface area (Å²) >= 11 is 1.55. The quantitative estimate of drug-likeness (QED) is 0.257. The van der Waals surface area contributed by atoms with E-state index in [1.807, 2.05) is 60.7 Å². The topological polar surface area (TPSA) is 72.8 Å². The molecule has 4 rings (SSSR count). The fourth-order valence-electron chi connectivity index (χ4n) is 2.81. The largest absolute Gasteiger partial charge is 0.488 e. The summed E-state index contributed by atoms with van der Waals surface area (Å²) in [6, 6.07) is 22.8. The zero-order chi connectivity index (χ0) is 20.8. The first-order valence-electron chi connectivity index (χ1n) is 9.26. The fourth-order valence-corrected chi connectivity index (χ4v) is 3.63. The van der Waals surface area contributed by atoms with Crippen LogP contribution in [0.5, 0.6) is 5.75 Å². The molecular weight excluding hydrogens is 398 g/mol. The molecule has 0 atom stereocenters. The molecule has 6 nitrogen and oxygen atoms in total. The van der Waals surface area contributed by atoms with Crippen molar-refractivity contribution in [1.29, 1.82) is 0 Å². The summed E-state index contributed by atoms with van der Waals surface area (Å²) in [6.45, 7) is 0.373. The Morgan fingerprint density at radius 3 is 2.63 bits per heavy atom. The van der Waals surface area contributed by atoms with E-state index >= 15 is 0 Å². The van der Waals surface area contributed by atoms with Gasteiger partial charge in [-0.05, 0) is 42.0 Å². The van der Waals surface area contributed by atoms with E-state index in [1.165, 1.54) is 7.11 Å². The SMILES string of the molecule is COC(=O)c1ccc(COc2ccccc2/C=N\Nc2nc3ccccc3s2)cc1. The van der Waals surface area contributed by atoms with Crippen LogP contribution in [0, 0.1) is 0 Å². The summed E-state index contributed by atoms with van der Waals surface area (Å²) in [4.78, 5) is 16.0. The molecule has 0 radical (unpaired) electrons. The van der Waals surface area contributed by atoms with Crippen molar-refractivity contribution in [3.63, 3.8) is 0 Å². The average Bonchev–Trinajstić information content (AvgIpc) is 3.21. The van der Waals surface area contributed by atoms with Gasteiger partial charge in [-0.3, -0.25) is 5.43 Å². The van der Waals surface area contributed by atoms with Crippen LogP contribution in [0.25, 0.3) is 10.2 Å². The summed E-state index contributed by atoms with van der Waals surface area (Å²) in [5, 5.41) is 5.04. The Morgan fingerprint density at radius 2 is 1.83 bits per heavy atom. The molecule has 0 saturated carbocycles. The molecule has 0 aliphatic rings. The number of hydrazone groups is 1. The molecule has 0 amide bonds. The second kappa shape index (κ2) is 9.19. The number of hydrogen-bond acceptors (Lipinski definition) is 7. The summed E-state index contributed by atoms with van der Waals surface area (Å²) in [5.41, 5.74) is 6.23. The summed E-state index contributed by atoms with van der Waals surface area (Å²) < 4.78 is 11.8. The van der Waals surface area contributed by atoms with Crippen LogP contribution in [0.4, 0.5) is 5.13 Å². The number of thiazole rings is 1. The van der Waals surface area contributed by atoms with Crippen LogP contribution in [0.3, 0.4) is 0 Å². The number of para-hydroxylation sites is 2. The standard InChI is InChI=1S/C23H19N3O3S/c1-28-22(27)17-12-10-16(11-13-17)15-29-20-8-4-2-6-18(20)14-24-26-23-25-19-7-3-5-9-21(19)30-23/h2-14H,15H2,1H3,(H,25,26)/b24-14-. The van der Waals surface area contributed by atoms with Gasteiger partial charge in [0, 0.05) is 5.56 Å². The van der Waals surface area contributed by atoms with Crippen LogP contribution in [0.2, 0.25) is 0 Å². The van der Waals surface area contributed by atoms with Gasteiger partial charge in [-0.2, -0.15) is 5.10 Å². The molecule has 0 saturated heterocycles. The molecule has 0 aliphatic heterocycles. The molecule has 0 unspecified atom stereocenters. The Morgan fingerprint density at radius 1 is 1.07 bits per heavy atom. The minimum absolute atomic E-state index is 0.357. The van der Waals surface area contributed by atoms with Crippen LogP contribution in [-0.4, -0.2) is 24.3 Å². The van der Waals surface area contributed by atoms with Crippen molar-refractivity contribution in [3.05, 3.63) is 89.5 Å². The number of rotatable bonds is 7. The predicted octanol–water partition coefficient (Wildman–Crippen LogP) is 5.11. The minimum atomic E-state index is -0.357. The lowest BCUT2D eigenvalue weighted by atomic mass is 10.1. The zero-order valence-corrected chi connectivity index (χ0v) is 17.1. The Bertz CT molecular complexity index is 1150. The lowest BCUT2D eigenvalue weighted by molar-refractivity contribution is 0.0600. The third-order valence-electron chi connectivity index (χ3n) is 4.35. The van der Waals surface area contributed by atoms with Crippen molar-refractivity contribution in [2.24, 2.45) is 5.10 Å². The highest BCUT2D eigenvalue weighted by Crippen LogP contribution is 2.25. The van der Waals surface area contributed by atoms with Crippen LogP contribution in [0.1, 0.15) is 21.5 Å². The molecule has 150 valence electrons. The number of aromatic nitrogens is 1. The van der Waals surface area contributed by atoms with E-state index in [2.05, 4.69) is 15.5 Å². The molecule has 7 heteroatoms. The van der Waals surface area contributed by atoms with Gasteiger partial charge in [-0.1, -0.05) is 47.7 Å². The molecule has 1 N–H and O–H groups in total. The molecule has 0 fully saturated rings. The van der Waals surface area contributed by atoms with Crippen LogP contribution < -0.4 is 10.2 Å². The molecule has 0 aliphatic carbocycles. The third-order valence-corrected chi connectivity index (χ3v) is 5.29. The molecule has 1 aromatic heterocycles. The number of benzene rings is 3. The van der Waals surface area contributed by atoms with Gasteiger partial charge in [-0.15, -0.1) is 0 Å². The molecule has 1 heterocycles. The number of nitrogens with zero attached hydrogens (tertiary/aromatic N) is 2. The third kappa shape index (κ3) is 4.64. The number of anilines is 1. The number of carbonyl (C=O) groups is 1. The summed E-state index contributed by atoms with van der Waals surface area (Å²) in [6.07, 6.45) is 1.71. The number of hydrogen-bond donors (Lipinski definition) is 1. The Kier molecular flexibility index (Phi) is 6.01. The maximum Gasteiger partial charge on any atom is 0.337 e. The number of fused-ring (bicyclic) bond motifs is 1. The van der Waals surface area contributed by atoms with Crippen molar-refractivity contribution in [1.82, 2.24) is 4.98 Å². The normalized spacial score (nSPS) is 11.0. The molecule has 4 aromatic rings. The van der Waals surface area contributed by atoms with E-state index in [4.69, 9.17) is 9.47 Å². The van der Waals surface area contributed by atoms with Crippen molar-refractivity contribution in [2.45, 2.75) is 6.61 Å². The Labute approximate surface area is 177 Å². The van der Waals surface area contributed by atoms with E-state index < -0.39 is 0 Å². The minimum Gasteiger partial charge on any atom is -0.488 e. The Hall–Kier alpha value is -3.71. The van der Waals surface area contributed by atoms with Crippen molar-refractivity contribution in [3.8, 4) is 5.75 Å². The molecule has 30 heavy (non-hydrogen) atoms. The van der Waals surface area contributed by atoms with Crippen LogP contribution in [-0.2, 0) is 11.3 Å². The fraction of sp³-hybridized carbons (Fsp3) is 0.0870. The molecule has 3 aromatic carbocycles. The van der Waals surface area contributed by atoms with Crippen LogP contribution >= 0.6 is 11.3 Å². The predicted molar refractivity (Wildman–Crippen MR) is 119 cm³/mol. The van der Waals surface area contributed by atoms with E-state index in [9.17, 15) is 4.79 Å². The van der Waals surface area contributed by atoms with Gasteiger partial charge >= 0.3 is 5.97 Å². The van der Waals surface area contributed by atoms with Crippen molar-refractivity contribution < 1.29 is 14.3 Å². The van der Waals surface area contributed by atoms with Gasteiger partial charge in [0.05, 0.1) is 29.1 Å². The molecule has 0 spiro atoms. The smallest absolute Gasteiger partial charge is 0.337 e. The van der Waals surface area contributed by atoms with Crippen molar-refractivity contribution >= 4 is 38.9 Å². The van der Waals surface area contributed by atoms with Gasteiger partial charge in [-0.25, -0.2) is 9.78 Å². The summed E-state index contributed by atoms with van der Waals surface area (Å²) in [7, 11) is 1.36. The monoisotopic (exact) mass is 417 g/mol. The van der Waals surface area contributed by atoms with Gasteiger partial charge in [0.25, 0.3) is 0 Å². The van der Waals surface area contributed by atoms with E-state index in [0.717, 1.165) is 26.5 Å². The second-order valence-electron chi connectivity index (χ2n) is 6.37. The first-order chi connectivity index (χ1) is 14.7. The highest BCUT2D eigenvalue weighted by molar-refractivity contribution is 7.22. The van der Waals surface area contributed by atoms with Gasteiger partial charge in [0.15, 0.2) is 0 Å². The number of nitrogens with one attached hydrogen (secondary N) is 1. The lowest BCUT2D eigenvalue weighted by Crippen LogP contribution is -2.02. The van der Waals surface area contributed by atoms with E-state index in [-0.39, 0.29) is 5.97 Å². The number of methoxy groups -OCH3 is 1. The van der Waals surface area contributed by atoms with Crippen LogP contribution in [0.15, 0.2) is 77.9 Å². The number of esters is 1. The Balaban J connectivity index is 1.40. The average molecular weight is 417 g/mol. The maximum atomic E-state index is 11.5.